The number of phenolic OH excluding ortho intramolecular Hbond substituents is 2. The lowest BCUT2D eigenvalue weighted by molar-refractivity contribution is -0.379. The summed E-state index contributed by atoms with van der Waals surface area (Å²) in [7, 11) is 0. The Bertz CT molecular complexity index is 2690. The maximum Gasteiger partial charge on any atom is 0.203 e. The number of carbonyl (C=O) groups is 2. The van der Waals surface area contributed by atoms with Gasteiger partial charge in [-0.05, 0) is 115 Å². The molecule has 5 heterocycles. The van der Waals surface area contributed by atoms with Gasteiger partial charge in [-0.1, -0.05) is 6.92 Å². The molecule has 0 bridgehead atoms. The molecular weight excluding hydrogens is 1080 g/mol. The predicted molar refractivity (Wildman–Crippen MR) is 289 cm³/mol. The molecule has 2 aromatic rings. The van der Waals surface area contributed by atoms with Gasteiger partial charge < -0.3 is 109 Å². The van der Waals surface area contributed by atoms with E-state index in [2.05, 4.69) is 0 Å². The van der Waals surface area contributed by atoms with E-state index in [1.807, 2.05) is 0 Å². The maximum absolute atomic E-state index is 15.3. The number of aliphatic hydroxyl groups excluding tert-OH is 6. The molecule has 21 unspecified atom stereocenters. The standard InChI is InChI=1S/C58H89NO23/c1-23(43(63)44(64)25(3)60)27-16-28-40(45(65)39-29(41(28)59)17-31(24(2)42(39)62)75-36-19-32(48(67)52(5,6)79-36)74-33-22-73-26(4)57(14,71)49(33)68)46(66)47(27)77-37-20-34(58(15,72)55(11,12)82-37)76-35-18-30(61)50(53(7,8)80-35)78-38-21-56(13,70)51(69)54(9,10)81-38/h17,23,25-27,30,32-38,44,47-51,60-62,64-65,67-72H,16,18-22,59H2,1-15H3. The van der Waals surface area contributed by atoms with Crippen molar-refractivity contribution in [2.24, 2.45) is 11.8 Å². The van der Waals surface area contributed by atoms with Gasteiger partial charge >= 0.3 is 0 Å². The Kier molecular flexibility index (Phi) is 17.6. The number of nitrogens with two attached hydrogens (primary N) is 1. The van der Waals surface area contributed by atoms with Crippen LogP contribution in [0.25, 0.3) is 10.8 Å². The molecule has 21 atom stereocenters. The van der Waals surface area contributed by atoms with Gasteiger partial charge in [-0.3, -0.25) is 9.59 Å². The Morgan fingerprint density at radius 2 is 1.35 bits per heavy atom. The topological polar surface area (TPSA) is 375 Å². The summed E-state index contributed by atoms with van der Waals surface area (Å²) in [6.45, 7) is 23.0. The molecule has 0 spiro atoms. The second kappa shape index (κ2) is 22.3. The highest BCUT2D eigenvalue weighted by Gasteiger charge is 2.59. The third-order valence-corrected chi connectivity index (χ3v) is 18.6. The Morgan fingerprint density at radius 1 is 0.744 bits per heavy atom. The Morgan fingerprint density at radius 3 is 1.96 bits per heavy atom. The van der Waals surface area contributed by atoms with Gasteiger partial charge in [0.2, 0.25) is 6.29 Å². The minimum absolute atomic E-state index is 0.0257. The van der Waals surface area contributed by atoms with Gasteiger partial charge in [-0.25, -0.2) is 0 Å². The average molecular weight is 1170 g/mol. The number of aliphatic hydroxyl groups is 9. The van der Waals surface area contributed by atoms with E-state index in [4.69, 9.17) is 53.1 Å². The molecule has 8 rings (SSSR count). The van der Waals surface area contributed by atoms with Crippen LogP contribution in [0.1, 0.15) is 144 Å². The number of anilines is 1. The fraction of sp³-hybridized carbons (Fsp3) is 0.793. The maximum atomic E-state index is 15.3. The van der Waals surface area contributed by atoms with Crippen molar-refractivity contribution < 1.29 is 113 Å². The molecular formula is C58H89NO23. The molecule has 13 N–H and O–H groups in total. The van der Waals surface area contributed by atoms with Crippen molar-refractivity contribution in [1.29, 1.82) is 0 Å². The van der Waals surface area contributed by atoms with Gasteiger partial charge in [0.05, 0.1) is 76.1 Å². The number of benzene rings is 2. The van der Waals surface area contributed by atoms with E-state index < -0.39 is 173 Å². The Balaban J connectivity index is 1.07. The predicted octanol–water partition coefficient (Wildman–Crippen LogP) is 1.95. The van der Waals surface area contributed by atoms with Crippen LogP contribution in [0.3, 0.4) is 0 Å². The molecule has 0 aromatic heterocycles. The van der Waals surface area contributed by atoms with Crippen LogP contribution in [0.5, 0.6) is 17.2 Å². The largest absolute Gasteiger partial charge is 0.507 e. The number of nitrogen functional groups attached to an aromatic ring is 1. The minimum Gasteiger partial charge on any atom is -0.507 e. The third kappa shape index (κ3) is 11.7. The molecule has 5 saturated heterocycles. The summed E-state index contributed by atoms with van der Waals surface area (Å²) in [6, 6.07) is 1.44. The third-order valence-electron chi connectivity index (χ3n) is 18.6. The highest BCUT2D eigenvalue weighted by molar-refractivity contribution is 6.15. The average Bonchev–Trinajstić information content (AvgIpc) is 1.09. The zero-order chi connectivity index (χ0) is 61.3. The molecule has 0 radical (unpaired) electrons. The monoisotopic (exact) mass is 1170 g/mol. The van der Waals surface area contributed by atoms with Crippen LogP contribution in [0.15, 0.2) is 6.07 Å². The van der Waals surface area contributed by atoms with Gasteiger partial charge in [-0.2, -0.15) is 0 Å². The highest BCUT2D eigenvalue weighted by Crippen LogP contribution is 2.52. The van der Waals surface area contributed by atoms with Crippen molar-refractivity contribution in [2.45, 2.75) is 274 Å². The van der Waals surface area contributed by atoms with Crippen LogP contribution in [-0.4, -0.2) is 212 Å². The fourth-order valence-corrected chi connectivity index (χ4v) is 12.7. The molecule has 1 aliphatic carbocycles. The molecule has 6 aliphatic rings. The van der Waals surface area contributed by atoms with E-state index in [9.17, 15) is 61.0 Å². The normalized spacial score (nSPS) is 41.1. The summed E-state index contributed by atoms with van der Waals surface area (Å²) < 4.78 is 62.7. The Hall–Kier alpha value is -3.48. The van der Waals surface area contributed by atoms with Crippen molar-refractivity contribution >= 4 is 28.0 Å². The number of Topliss-reactive ketones (excluding diaryl/α,β-unsaturated/α-hetero) is 2. The van der Waals surface area contributed by atoms with E-state index in [0.717, 1.165) is 0 Å². The molecule has 24 heteroatoms. The zero-order valence-electron chi connectivity index (χ0n) is 49.6. The Labute approximate surface area is 477 Å². The highest BCUT2D eigenvalue weighted by atomic mass is 16.7. The van der Waals surface area contributed by atoms with Crippen molar-refractivity contribution in [1.82, 2.24) is 0 Å². The number of ether oxygens (including phenoxy) is 10. The van der Waals surface area contributed by atoms with Gasteiger partial charge in [0.1, 0.15) is 71.2 Å². The molecule has 82 heavy (non-hydrogen) atoms. The van der Waals surface area contributed by atoms with Crippen LogP contribution in [0.2, 0.25) is 0 Å². The van der Waals surface area contributed by atoms with Gasteiger partial charge in [0.25, 0.3) is 0 Å². The molecule has 464 valence electrons. The quantitative estimate of drug-likeness (QED) is 0.0950. The first-order valence-electron chi connectivity index (χ1n) is 28.3. The van der Waals surface area contributed by atoms with Crippen LogP contribution in [-0.2, 0) is 53.8 Å². The molecule has 0 amide bonds. The van der Waals surface area contributed by atoms with Crippen LogP contribution in [0.4, 0.5) is 5.69 Å². The molecule has 5 aliphatic heterocycles. The lowest BCUT2D eigenvalue weighted by Gasteiger charge is -2.54. The van der Waals surface area contributed by atoms with Crippen molar-refractivity contribution in [3.63, 3.8) is 0 Å². The van der Waals surface area contributed by atoms with Crippen molar-refractivity contribution in [3.05, 3.63) is 22.8 Å². The van der Waals surface area contributed by atoms with E-state index >= 15 is 4.79 Å². The number of fused-ring (bicyclic) bond motifs is 2. The first kappa shape index (κ1) is 64.5. The van der Waals surface area contributed by atoms with Gasteiger partial charge in [0.15, 0.2) is 30.4 Å². The first-order valence-corrected chi connectivity index (χ1v) is 28.3. The van der Waals surface area contributed by atoms with Gasteiger partial charge in [0, 0.05) is 54.2 Å². The molecule has 0 saturated carbocycles. The minimum atomic E-state index is -1.88. The molecule has 5 fully saturated rings. The first-order chi connectivity index (χ1) is 37.6. The SMILES string of the molecule is Cc1c(OC2CC(OC3COC(C)C(C)(O)C3O)C(O)C(C)(C)O2)cc2c(N)c3c(c(O)c2c1O)C(=O)C(OC1CC(OC2CC(O)C(OC4CC(C)(O)C(O)C(C)(C)O4)C(C)(C)O2)C(C)(O)C(C)(C)O1)C(C(C)C(=O)C(O)C(C)O)C3. The van der Waals surface area contributed by atoms with E-state index in [0.29, 0.717) is 0 Å². The summed E-state index contributed by atoms with van der Waals surface area (Å²) in [5, 5.41) is 124. The summed E-state index contributed by atoms with van der Waals surface area (Å²) in [4.78, 5) is 29.3. The van der Waals surface area contributed by atoms with Crippen molar-refractivity contribution in [3.8, 4) is 17.2 Å². The summed E-state index contributed by atoms with van der Waals surface area (Å²) in [5.74, 6) is -5.28. The number of carbonyl (C=O) groups excluding carboxylic acids is 2. The molecule has 24 nitrogen and oxygen atoms in total. The van der Waals surface area contributed by atoms with Crippen LogP contribution >= 0.6 is 0 Å². The summed E-state index contributed by atoms with van der Waals surface area (Å²) >= 11 is 0. The van der Waals surface area contributed by atoms with E-state index in [1.165, 1.54) is 47.6 Å². The van der Waals surface area contributed by atoms with Crippen molar-refractivity contribution in [2.75, 3.05) is 12.3 Å². The van der Waals surface area contributed by atoms with E-state index in [-0.39, 0.29) is 77.6 Å². The number of hydrogen-bond donors (Lipinski definition) is 12. The second-order valence-electron chi connectivity index (χ2n) is 26.6. The van der Waals surface area contributed by atoms with Gasteiger partial charge in [-0.15, -0.1) is 0 Å². The summed E-state index contributed by atoms with van der Waals surface area (Å²) in [5.41, 5.74) is -3.59. The number of ketones is 2. The zero-order valence-corrected chi connectivity index (χ0v) is 49.6. The van der Waals surface area contributed by atoms with Crippen LogP contribution < -0.4 is 10.5 Å². The molecule has 2 aromatic carbocycles. The fourth-order valence-electron chi connectivity index (χ4n) is 12.7. The number of phenols is 2. The van der Waals surface area contributed by atoms with E-state index in [1.54, 1.807) is 62.3 Å². The lowest BCUT2D eigenvalue weighted by Crippen LogP contribution is -2.66. The number of rotatable bonds is 14. The smallest absolute Gasteiger partial charge is 0.203 e. The summed E-state index contributed by atoms with van der Waals surface area (Å²) in [6.07, 6.45) is -20.7. The second-order valence-corrected chi connectivity index (χ2v) is 26.6. The van der Waals surface area contributed by atoms with Crippen LogP contribution in [0, 0.1) is 18.8 Å². The number of aromatic hydroxyl groups is 2. The lowest BCUT2D eigenvalue weighted by atomic mass is 9.71. The number of hydrogen-bond acceptors (Lipinski definition) is 24.